The number of nitrogens with one attached hydrogen (secondary N) is 2. The summed E-state index contributed by atoms with van der Waals surface area (Å²) >= 11 is 0. The number of fused-ring (bicyclic) bond motifs is 3. The van der Waals surface area contributed by atoms with Crippen molar-refractivity contribution >= 4 is 29.3 Å². The van der Waals surface area contributed by atoms with E-state index < -0.39 is 22.8 Å². The van der Waals surface area contributed by atoms with Crippen molar-refractivity contribution in [2.24, 2.45) is 0 Å². The lowest BCUT2D eigenvalue weighted by Gasteiger charge is -2.24. The molecular formula is C21H24ClN3O4. The average Bonchev–Trinajstić information content (AvgIpc) is 3.04. The first-order valence-electron chi connectivity index (χ1n) is 9.45. The minimum atomic E-state index is -1.44. The van der Waals surface area contributed by atoms with Gasteiger partial charge in [0.2, 0.25) is 0 Å². The fourth-order valence-electron chi connectivity index (χ4n) is 4.19. The first-order valence-corrected chi connectivity index (χ1v) is 9.45. The minimum Gasteiger partial charge on any atom is -0.506 e. The van der Waals surface area contributed by atoms with Crippen LogP contribution in [0.25, 0.3) is 22.2 Å². The summed E-state index contributed by atoms with van der Waals surface area (Å²) in [4.78, 5) is 26.2. The molecule has 3 heterocycles. The summed E-state index contributed by atoms with van der Waals surface area (Å²) in [5.74, 6) is -1.89. The van der Waals surface area contributed by atoms with E-state index >= 15 is 0 Å². The molecule has 0 fully saturated rings. The highest BCUT2D eigenvalue weighted by Crippen LogP contribution is 2.33. The Hall–Kier alpha value is -2.77. The number of nitrogens with zero attached hydrogens (tertiary/aromatic N) is 1. The first-order chi connectivity index (χ1) is 13.4. The van der Waals surface area contributed by atoms with Crippen LogP contribution in [0.3, 0.4) is 0 Å². The number of rotatable bonds is 4. The average molecular weight is 418 g/mol. The first kappa shape index (κ1) is 21.0. The Kier molecular flexibility index (Phi) is 5.73. The van der Waals surface area contributed by atoms with Gasteiger partial charge in [0.1, 0.15) is 5.75 Å². The fraction of sp³-hybridized carbons (Fsp3) is 0.333. The number of aromatic nitrogens is 2. The van der Waals surface area contributed by atoms with Crippen molar-refractivity contribution in [1.29, 1.82) is 0 Å². The predicted octanol–water partition coefficient (Wildman–Crippen LogP) is 2.92. The highest BCUT2D eigenvalue weighted by atomic mass is 35.5. The van der Waals surface area contributed by atoms with Crippen molar-refractivity contribution in [2.75, 3.05) is 7.05 Å². The second-order valence-electron chi connectivity index (χ2n) is 7.23. The van der Waals surface area contributed by atoms with Crippen LogP contribution >= 0.6 is 12.4 Å². The number of aromatic amines is 1. The third-order valence-corrected chi connectivity index (χ3v) is 5.69. The number of pyridine rings is 1. The van der Waals surface area contributed by atoms with E-state index in [-0.39, 0.29) is 12.4 Å². The molecule has 0 spiro atoms. The SMILES string of the molecule is CCc1c(-c2ccc3c(c2)cc2n3CC(NC)CC2)[nH]c(=O)c(C(=O)O)c1O.Cl. The molecule has 2 aromatic heterocycles. The summed E-state index contributed by atoms with van der Waals surface area (Å²) in [6.07, 6.45) is 2.49. The maximum atomic E-state index is 12.2. The van der Waals surface area contributed by atoms with Crippen molar-refractivity contribution in [3.05, 3.63) is 51.4 Å². The van der Waals surface area contributed by atoms with Gasteiger partial charge in [0, 0.05) is 34.7 Å². The molecule has 8 heteroatoms. The molecule has 0 aliphatic carbocycles. The van der Waals surface area contributed by atoms with Crippen LogP contribution in [0.2, 0.25) is 0 Å². The summed E-state index contributed by atoms with van der Waals surface area (Å²) in [7, 11) is 1.98. The van der Waals surface area contributed by atoms with Crippen LogP contribution < -0.4 is 10.9 Å². The number of likely N-dealkylation sites (N-methyl/N-ethyl adjacent to an activating group) is 1. The number of H-pyrrole nitrogens is 1. The Morgan fingerprint density at radius 3 is 2.76 bits per heavy atom. The van der Waals surface area contributed by atoms with Gasteiger partial charge in [-0.2, -0.15) is 0 Å². The van der Waals surface area contributed by atoms with E-state index in [9.17, 15) is 19.8 Å². The molecule has 1 aliphatic rings. The van der Waals surface area contributed by atoms with Gasteiger partial charge >= 0.3 is 5.97 Å². The van der Waals surface area contributed by atoms with Crippen molar-refractivity contribution in [3.63, 3.8) is 0 Å². The van der Waals surface area contributed by atoms with Gasteiger partial charge in [0.05, 0.1) is 5.69 Å². The maximum Gasteiger partial charge on any atom is 0.345 e. The van der Waals surface area contributed by atoms with E-state index in [1.54, 1.807) is 0 Å². The van der Waals surface area contributed by atoms with Crippen LogP contribution in [0.5, 0.6) is 5.75 Å². The zero-order valence-corrected chi connectivity index (χ0v) is 17.1. The third kappa shape index (κ3) is 3.41. The molecule has 1 aliphatic heterocycles. The molecule has 0 bridgehead atoms. The molecule has 1 aromatic carbocycles. The Balaban J connectivity index is 0.00000240. The number of aromatic carboxylic acids is 1. The van der Waals surface area contributed by atoms with E-state index in [0.29, 0.717) is 23.7 Å². The van der Waals surface area contributed by atoms with Gasteiger partial charge in [0.25, 0.3) is 5.56 Å². The van der Waals surface area contributed by atoms with E-state index in [4.69, 9.17) is 0 Å². The lowest BCUT2D eigenvalue weighted by Crippen LogP contribution is -2.34. The maximum absolute atomic E-state index is 12.2. The fourth-order valence-corrected chi connectivity index (χ4v) is 4.19. The number of aromatic hydroxyl groups is 1. The minimum absolute atomic E-state index is 0. The Bertz CT molecular complexity index is 1150. The number of hydrogen-bond donors (Lipinski definition) is 4. The molecule has 29 heavy (non-hydrogen) atoms. The van der Waals surface area contributed by atoms with Crippen molar-refractivity contribution in [1.82, 2.24) is 14.9 Å². The summed E-state index contributed by atoms with van der Waals surface area (Å²) in [5, 5.41) is 24.0. The zero-order chi connectivity index (χ0) is 20.0. The zero-order valence-electron chi connectivity index (χ0n) is 16.3. The van der Waals surface area contributed by atoms with Crippen molar-refractivity contribution < 1.29 is 15.0 Å². The van der Waals surface area contributed by atoms with E-state index in [2.05, 4.69) is 20.9 Å². The number of benzene rings is 1. The Morgan fingerprint density at radius 1 is 1.34 bits per heavy atom. The number of carboxylic acids is 1. The van der Waals surface area contributed by atoms with Gasteiger partial charge in [-0.1, -0.05) is 13.0 Å². The number of carbonyl (C=O) groups is 1. The summed E-state index contributed by atoms with van der Waals surface area (Å²) in [6.45, 7) is 2.73. The standard InChI is InChI=1S/C21H23N3O4.ClH/c1-3-15-18(23-20(26)17(19(15)25)21(27)28)11-4-7-16-12(8-11)9-14-6-5-13(22-2)10-24(14)16;/h4,7-9,13,22H,3,5-6,10H2,1-2H3,(H,27,28)(H2,23,25,26);1H. The largest absolute Gasteiger partial charge is 0.506 e. The molecule has 1 unspecified atom stereocenters. The third-order valence-electron chi connectivity index (χ3n) is 5.69. The lowest BCUT2D eigenvalue weighted by molar-refractivity contribution is 0.0691. The summed E-state index contributed by atoms with van der Waals surface area (Å²) < 4.78 is 2.32. The van der Waals surface area contributed by atoms with Gasteiger partial charge in [-0.25, -0.2) is 4.79 Å². The lowest BCUT2D eigenvalue weighted by atomic mass is 9.99. The molecule has 0 amide bonds. The molecule has 4 rings (SSSR count). The van der Waals surface area contributed by atoms with E-state index in [0.717, 1.165) is 35.9 Å². The van der Waals surface area contributed by atoms with E-state index in [1.807, 2.05) is 32.2 Å². The number of aryl methyl sites for hydroxylation is 1. The van der Waals surface area contributed by atoms with Crippen LogP contribution in [0.4, 0.5) is 0 Å². The van der Waals surface area contributed by atoms with Gasteiger partial charge in [0.15, 0.2) is 5.56 Å². The molecule has 0 saturated carbocycles. The van der Waals surface area contributed by atoms with Crippen LogP contribution in [0, 0.1) is 0 Å². The van der Waals surface area contributed by atoms with Gasteiger partial charge < -0.3 is 25.1 Å². The normalized spacial score (nSPS) is 15.7. The Labute approximate surface area is 173 Å². The molecule has 1 atom stereocenters. The number of halogens is 1. The second-order valence-corrected chi connectivity index (χ2v) is 7.23. The van der Waals surface area contributed by atoms with Gasteiger partial charge in [-0.15, -0.1) is 12.4 Å². The quantitative estimate of drug-likeness (QED) is 0.522. The highest BCUT2D eigenvalue weighted by molar-refractivity contribution is 5.92. The smallest absolute Gasteiger partial charge is 0.345 e. The molecule has 0 saturated heterocycles. The second kappa shape index (κ2) is 7.93. The number of carboxylic acid groups (broad SMARTS) is 1. The van der Waals surface area contributed by atoms with Crippen LogP contribution in [0.15, 0.2) is 29.1 Å². The molecular weight excluding hydrogens is 394 g/mol. The predicted molar refractivity (Wildman–Crippen MR) is 114 cm³/mol. The van der Waals surface area contributed by atoms with Gasteiger partial charge in [-0.05, 0) is 50.1 Å². The van der Waals surface area contributed by atoms with Crippen molar-refractivity contribution in [2.45, 2.75) is 38.8 Å². The van der Waals surface area contributed by atoms with Crippen LogP contribution in [-0.2, 0) is 19.4 Å². The molecule has 0 radical (unpaired) electrons. The molecule has 3 aromatic rings. The molecule has 154 valence electrons. The Morgan fingerprint density at radius 2 is 2.10 bits per heavy atom. The van der Waals surface area contributed by atoms with Crippen molar-refractivity contribution in [3.8, 4) is 17.0 Å². The number of hydrogen-bond acceptors (Lipinski definition) is 4. The van der Waals surface area contributed by atoms with Gasteiger partial charge in [-0.3, -0.25) is 4.79 Å². The van der Waals surface area contributed by atoms with Crippen LogP contribution in [-0.4, -0.2) is 38.8 Å². The van der Waals surface area contributed by atoms with E-state index in [1.165, 1.54) is 5.69 Å². The summed E-state index contributed by atoms with van der Waals surface area (Å²) in [6, 6.07) is 8.53. The monoisotopic (exact) mass is 417 g/mol. The van der Waals surface area contributed by atoms with Crippen LogP contribution in [0.1, 0.15) is 35.0 Å². The highest BCUT2D eigenvalue weighted by Gasteiger charge is 2.23. The topological polar surface area (TPSA) is 107 Å². The molecule has 4 N–H and O–H groups in total. The summed E-state index contributed by atoms with van der Waals surface area (Å²) in [5.41, 5.74) is 2.65. The molecule has 7 nitrogen and oxygen atoms in total.